The van der Waals surface area contributed by atoms with E-state index < -0.39 is 0 Å². The minimum atomic E-state index is -0.146. The molecule has 5 heteroatoms. The molecule has 0 saturated heterocycles. The highest BCUT2D eigenvalue weighted by atomic mass is 35.5. The minimum absolute atomic E-state index is 0.146. The first-order valence-electron chi connectivity index (χ1n) is 5.07. The standard InChI is InChI=1S/C12H13ClN2O2/c1-15(12(16)4-3-7-14)10-8-9(13)5-6-11(10)17-2/h5-6,8H,3-4H2,1-2H3. The van der Waals surface area contributed by atoms with Crippen molar-refractivity contribution in [3.63, 3.8) is 0 Å². The summed E-state index contributed by atoms with van der Waals surface area (Å²) in [5.74, 6) is 0.425. The summed E-state index contributed by atoms with van der Waals surface area (Å²) < 4.78 is 5.16. The van der Waals surface area contributed by atoms with E-state index in [0.29, 0.717) is 16.5 Å². The van der Waals surface area contributed by atoms with Gasteiger partial charge in [-0.25, -0.2) is 0 Å². The Hall–Kier alpha value is -1.73. The van der Waals surface area contributed by atoms with Crippen molar-refractivity contribution in [3.8, 4) is 11.8 Å². The highest BCUT2D eigenvalue weighted by Gasteiger charge is 2.15. The number of rotatable bonds is 4. The van der Waals surface area contributed by atoms with Crippen molar-refractivity contribution in [1.29, 1.82) is 5.26 Å². The third kappa shape index (κ3) is 3.36. The van der Waals surface area contributed by atoms with Crippen molar-refractivity contribution < 1.29 is 9.53 Å². The second kappa shape index (κ2) is 6.12. The van der Waals surface area contributed by atoms with Gasteiger partial charge < -0.3 is 9.64 Å². The number of amides is 1. The fourth-order valence-corrected chi connectivity index (χ4v) is 1.56. The topological polar surface area (TPSA) is 53.3 Å². The Morgan fingerprint density at radius 1 is 1.59 bits per heavy atom. The summed E-state index contributed by atoms with van der Waals surface area (Å²) in [4.78, 5) is 13.2. The second-order valence-corrected chi connectivity index (χ2v) is 3.86. The van der Waals surface area contributed by atoms with Crippen molar-refractivity contribution in [2.24, 2.45) is 0 Å². The quantitative estimate of drug-likeness (QED) is 0.828. The summed E-state index contributed by atoms with van der Waals surface area (Å²) in [7, 11) is 3.16. The molecule has 0 N–H and O–H groups in total. The van der Waals surface area contributed by atoms with Gasteiger partial charge in [-0.3, -0.25) is 4.79 Å². The molecule has 0 spiro atoms. The van der Waals surface area contributed by atoms with Crippen LogP contribution in [0.25, 0.3) is 0 Å². The van der Waals surface area contributed by atoms with Crippen molar-refractivity contribution >= 4 is 23.2 Å². The first kappa shape index (κ1) is 13.3. The van der Waals surface area contributed by atoms with Crippen molar-refractivity contribution in [1.82, 2.24) is 0 Å². The summed E-state index contributed by atoms with van der Waals surface area (Å²) in [6.45, 7) is 0. The molecule has 17 heavy (non-hydrogen) atoms. The Balaban J connectivity index is 2.94. The van der Waals surface area contributed by atoms with Crippen molar-refractivity contribution in [3.05, 3.63) is 23.2 Å². The molecule has 0 unspecified atom stereocenters. The summed E-state index contributed by atoms with van der Waals surface area (Å²) in [5, 5.41) is 8.97. The van der Waals surface area contributed by atoms with Gasteiger partial charge in [-0.15, -0.1) is 0 Å². The zero-order valence-corrected chi connectivity index (χ0v) is 10.5. The molecule has 0 bridgehead atoms. The van der Waals surface area contributed by atoms with Crippen LogP contribution in [0.15, 0.2) is 18.2 Å². The number of carbonyl (C=O) groups excluding carboxylic acids is 1. The Morgan fingerprint density at radius 3 is 2.88 bits per heavy atom. The van der Waals surface area contributed by atoms with Crippen LogP contribution in [0.5, 0.6) is 5.75 Å². The molecule has 0 aliphatic rings. The first-order chi connectivity index (χ1) is 8.10. The van der Waals surface area contributed by atoms with E-state index in [0.717, 1.165) is 0 Å². The predicted molar refractivity (Wildman–Crippen MR) is 66.3 cm³/mol. The highest BCUT2D eigenvalue weighted by molar-refractivity contribution is 6.31. The van der Waals surface area contributed by atoms with Gasteiger partial charge in [0.25, 0.3) is 0 Å². The fraction of sp³-hybridized carbons (Fsp3) is 0.333. The minimum Gasteiger partial charge on any atom is -0.495 e. The number of methoxy groups -OCH3 is 1. The van der Waals surface area contributed by atoms with E-state index >= 15 is 0 Å². The van der Waals surface area contributed by atoms with E-state index in [1.54, 1.807) is 25.2 Å². The van der Waals surface area contributed by atoms with E-state index in [2.05, 4.69) is 0 Å². The van der Waals surface area contributed by atoms with Gasteiger partial charge in [0.15, 0.2) is 0 Å². The molecular weight excluding hydrogens is 240 g/mol. The molecule has 90 valence electrons. The van der Waals surface area contributed by atoms with Gasteiger partial charge in [-0.05, 0) is 18.2 Å². The van der Waals surface area contributed by atoms with Gasteiger partial charge >= 0.3 is 0 Å². The maximum atomic E-state index is 11.8. The smallest absolute Gasteiger partial charge is 0.227 e. The Morgan fingerprint density at radius 2 is 2.29 bits per heavy atom. The number of halogens is 1. The van der Waals surface area contributed by atoms with E-state index in [9.17, 15) is 4.79 Å². The van der Waals surface area contributed by atoms with Crippen LogP contribution in [0.4, 0.5) is 5.69 Å². The molecule has 0 heterocycles. The number of ether oxygens (including phenoxy) is 1. The molecule has 0 aliphatic carbocycles. The van der Waals surface area contributed by atoms with Crippen LogP contribution in [0, 0.1) is 11.3 Å². The predicted octanol–water partition coefficient (Wildman–Crippen LogP) is 2.62. The monoisotopic (exact) mass is 252 g/mol. The lowest BCUT2D eigenvalue weighted by Gasteiger charge is -2.19. The molecule has 0 aliphatic heterocycles. The van der Waals surface area contributed by atoms with Gasteiger partial charge in [0.1, 0.15) is 5.75 Å². The lowest BCUT2D eigenvalue weighted by Crippen LogP contribution is -2.26. The van der Waals surface area contributed by atoms with Gasteiger partial charge in [0.2, 0.25) is 5.91 Å². The summed E-state index contributed by atoms with van der Waals surface area (Å²) >= 11 is 5.88. The zero-order valence-electron chi connectivity index (χ0n) is 9.74. The molecule has 1 rings (SSSR count). The van der Waals surface area contributed by atoms with Gasteiger partial charge in [-0.2, -0.15) is 5.26 Å². The van der Waals surface area contributed by atoms with E-state index in [1.165, 1.54) is 12.0 Å². The van der Waals surface area contributed by atoms with Crippen LogP contribution in [0.1, 0.15) is 12.8 Å². The normalized spacial score (nSPS) is 9.53. The average Bonchev–Trinajstić information content (AvgIpc) is 2.34. The molecule has 0 radical (unpaired) electrons. The van der Waals surface area contributed by atoms with Gasteiger partial charge in [0.05, 0.1) is 18.9 Å². The molecule has 0 fully saturated rings. The van der Waals surface area contributed by atoms with Crippen molar-refractivity contribution in [2.45, 2.75) is 12.8 Å². The molecule has 0 atom stereocenters. The number of benzene rings is 1. The van der Waals surface area contributed by atoms with Crippen LogP contribution in [-0.4, -0.2) is 20.1 Å². The Bertz CT molecular complexity index is 454. The number of hydrogen-bond acceptors (Lipinski definition) is 3. The number of anilines is 1. The van der Waals surface area contributed by atoms with Gasteiger partial charge in [-0.1, -0.05) is 11.6 Å². The second-order valence-electron chi connectivity index (χ2n) is 3.43. The lowest BCUT2D eigenvalue weighted by atomic mass is 10.2. The van der Waals surface area contributed by atoms with Crippen LogP contribution >= 0.6 is 11.6 Å². The Labute approximate surface area is 105 Å². The average molecular weight is 253 g/mol. The molecule has 1 amide bonds. The molecule has 1 aromatic rings. The molecule has 4 nitrogen and oxygen atoms in total. The Kier molecular flexibility index (Phi) is 4.80. The SMILES string of the molecule is COc1ccc(Cl)cc1N(C)C(=O)CCC#N. The van der Waals surface area contributed by atoms with E-state index in [4.69, 9.17) is 21.6 Å². The van der Waals surface area contributed by atoms with Crippen LogP contribution < -0.4 is 9.64 Å². The third-order valence-corrected chi connectivity index (χ3v) is 2.56. The number of carbonyl (C=O) groups is 1. The number of hydrogen-bond donors (Lipinski definition) is 0. The van der Waals surface area contributed by atoms with Crippen molar-refractivity contribution in [2.75, 3.05) is 19.1 Å². The first-order valence-corrected chi connectivity index (χ1v) is 5.45. The molecule has 1 aromatic carbocycles. The molecule has 0 aromatic heterocycles. The van der Waals surface area contributed by atoms with Crippen LogP contribution in [-0.2, 0) is 4.79 Å². The van der Waals surface area contributed by atoms with E-state index in [-0.39, 0.29) is 18.7 Å². The van der Waals surface area contributed by atoms with Gasteiger partial charge in [0, 0.05) is 24.9 Å². The summed E-state index contributed by atoms with van der Waals surface area (Å²) in [5.41, 5.74) is 0.600. The zero-order chi connectivity index (χ0) is 12.8. The largest absolute Gasteiger partial charge is 0.495 e. The third-order valence-electron chi connectivity index (χ3n) is 2.33. The maximum Gasteiger partial charge on any atom is 0.227 e. The summed E-state index contributed by atoms with van der Waals surface area (Å²) in [6, 6.07) is 6.99. The number of nitrogens with zero attached hydrogens (tertiary/aromatic N) is 2. The molecule has 0 saturated carbocycles. The highest BCUT2D eigenvalue weighted by Crippen LogP contribution is 2.30. The van der Waals surface area contributed by atoms with Crippen LogP contribution in [0.2, 0.25) is 5.02 Å². The number of nitriles is 1. The summed E-state index contributed by atoms with van der Waals surface area (Å²) in [6.07, 6.45) is 0.384. The van der Waals surface area contributed by atoms with Crippen LogP contribution in [0.3, 0.4) is 0 Å². The fourth-order valence-electron chi connectivity index (χ4n) is 1.39. The molecular formula is C12H13ClN2O2. The lowest BCUT2D eigenvalue weighted by molar-refractivity contribution is -0.118. The maximum absolute atomic E-state index is 11.8. The van der Waals surface area contributed by atoms with E-state index in [1.807, 2.05) is 6.07 Å².